The number of nitrogens with zero attached hydrogens (tertiary/aromatic N) is 2. The highest BCUT2D eigenvalue weighted by molar-refractivity contribution is 9.10. The summed E-state index contributed by atoms with van der Waals surface area (Å²) in [5, 5.41) is 3.50. The molecule has 0 bridgehead atoms. The second kappa shape index (κ2) is 8.92. The van der Waals surface area contributed by atoms with Gasteiger partial charge in [0, 0.05) is 40.1 Å². The summed E-state index contributed by atoms with van der Waals surface area (Å²) in [6.45, 7) is 0.0472. The van der Waals surface area contributed by atoms with E-state index in [1.807, 2.05) is 6.07 Å². The zero-order valence-corrected chi connectivity index (χ0v) is 18.0. The number of hydrogen-bond acceptors (Lipinski definition) is 4. The maximum Gasteiger partial charge on any atom is 0.240 e. The smallest absolute Gasteiger partial charge is 0.240 e. The summed E-state index contributed by atoms with van der Waals surface area (Å²) >= 11 is 3.39. The number of halogens is 1. The third-order valence-corrected chi connectivity index (χ3v) is 6.01. The Balaban J connectivity index is 1.72. The van der Waals surface area contributed by atoms with Crippen LogP contribution in [-0.4, -0.2) is 27.3 Å². The van der Waals surface area contributed by atoms with E-state index in [4.69, 9.17) is 0 Å². The van der Waals surface area contributed by atoms with Gasteiger partial charge in [-0.3, -0.25) is 19.4 Å². The average molecular weight is 468 g/mol. The van der Waals surface area contributed by atoms with Crippen molar-refractivity contribution in [1.82, 2.24) is 14.9 Å². The summed E-state index contributed by atoms with van der Waals surface area (Å²) < 4.78 is 2.43. The summed E-state index contributed by atoms with van der Waals surface area (Å²) in [6, 6.07) is 8.65. The highest BCUT2D eigenvalue weighted by atomic mass is 79.9. The molecule has 0 saturated heterocycles. The van der Waals surface area contributed by atoms with E-state index >= 15 is 0 Å². The second-order valence-electron chi connectivity index (χ2n) is 7.63. The van der Waals surface area contributed by atoms with Crippen LogP contribution >= 0.6 is 15.9 Å². The first-order valence-electron chi connectivity index (χ1n) is 10.1. The molecule has 0 aliphatic heterocycles. The fourth-order valence-electron chi connectivity index (χ4n) is 4.00. The van der Waals surface area contributed by atoms with E-state index in [-0.39, 0.29) is 35.3 Å². The number of aromatic nitrogens is 2. The van der Waals surface area contributed by atoms with Crippen LogP contribution in [0.4, 0.5) is 0 Å². The Morgan fingerprint density at radius 2 is 1.83 bits per heavy atom. The van der Waals surface area contributed by atoms with Gasteiger partial charge in [0.25, 0.3) is 0 Å². The van der Waals surface area contributed by atoms with Crippen molar-refractivity contribution in [3.63, 3.8) is 0 Å². The van der Waals surface area contributed by atoms with Crippen LogP contribution in [0.2, 0.25) is 0 Å². The van der Waals surface area contributed by atoms with Crippen LogP contribution in [0.3, 0.4) is 0 Å². The molecule has 4 rings (SSSR count). The SMILES string of the molecule is O=C(Cn1cc(C(=O)c2ccncc2)c(=O)c2cc(Br)ccc21)NC1CCCCC1. The second-order valence-corrected chi connectivity index (χ2v) is 8.54. The molecule has 1 aliphatic carbocycles. The molecule has 7 heteroatoms. The zero-order chi connectivity index (χ0) is 21.1. The molecule has 154 valence electrons. The largest absolute Gasteiger partial charge is 0.352 e. The molecule has 0 unspecified atom stereocenters. The predicted octanol–water partition coefficient (Wildman–Crippen LogP) is 3.84. The molecule has 1 amide bonds. The molecule has 6 nitrogen and oxygen atoms in total. The molecule has 2 aromatic heterocycles. The summed E-state index contributed by atoms with van der Waals surface area (Å²) in [7, 11) is 0. The number of pyridine rings is 2. The number of nitrogens with one attached hydrogen (secondary N) is 1. The molecule has 2 heterocycles. The van der Waals surface area contributed by atoms with Crippen LogP contribution in [0.25, 0.3) is 10.9 Å². The Morgan fingerprint density at radius 3 is 2.57 bits per heavy atom. The highest BCUT2D eigenvalue weighted by Gasteiger charge is 2.20. The summed E-state index contributed by atoms with van der Waals surface area (Å²) in [6.07, 6.45) is 10.00. The fraction of sp³-hybridized carbons (Fsp3) is 0.304. The normalized spacial score (nSPS) is 14.6. The fourth-order valence-corrected chi connectivity index (χ4v) is 4.36. The Kier molecular flexibility index (Phi) is 6.08. The van der Waals surface area contributed by atoms with Gasteiger partial charge in [-0.15, -0.1) is 0 Å². The van der Waals surface area contributed by atoms with Crippen LogP contribution in [0.5, 0.6) is 0 Å². The minimum atomic E-state index is -0.384. The lowest BCUT2D eigenvalue weighted by Gasteiger charge is -2.23. The lowest BCUT2D eigenvalue weighted by Crippen LogP contribution is -2.38. The molecule has 30 heavy (non-hydrogen) atoms. The Morgan fingerprint density at radius 1 is 1.10 bits per heavy atom. The Bertz CT molecular complexity index is 1150. The van der Waals surface area contributed by atoms with Crippen molar-refractivity contribution >= 4 is 38.5 Å². The number of fused-ring (bicyclic) bond motifs is 1. The molecule has 1 fully saturated rings. The van der Waals surface area contributed by atoms with Gasteiger partial charge in [-0.05, 0) is 43.2 Å². The number of ketones is 1. The van der Waals surface area contributed by atoms with Crippen LogP contribution in [0.1, 0.15) is 48.0 Å². The standard InChI is InChI=1S/C23H22BrN3O3/c24-16-6-7-20-18(12-16)23(30)19(22(29)15-8-10-25-11-9-15)13-27(20)14-21(28)26-17-4-2-1-3-5-17/h6-13,17H,1-5,14H2,(H,26,28). The van der Waals surface area contributed by atoms with Crippen molar-refractivity contribution in [1.29, 1.82) is 0 Å². The number of carbonyl (C=O) groups excluding carboxylic acids is 2. The van der Waals surface area contributed by atoms with E-state index < -0.39 is 0 Å². The van der Waals surface area contributed by atoms with Crippen molar-refractivity contribution in [2.24, 2.45) is 0 Å². The number of hydrogen-bond donors (Lipinski definition) is 1. The molecular formula is C23H22BrN3O3. The van der Waals surface area contributed by atoms with Gasteiger partial charge < -0.3 is 9.88 Å². The summed E-state index contributed by atoms with van der Waals surface area (Å²) in [5.74, 6) is -0.497. The van der Waals surface area contributed by atoms with Crippen molar-refractivity contribution in [2.75, 3.05) is 0 Å². The molecule has 1 saturated carbocycles. The molecule has 3 aromatic rings. The van der Waals surface area contributed by atoms with E-state index in [1.54, 1.807) is 28.8 Å². The van der Waals surface area contributed by atoms with Gasteiger partial charge in [-0.1, -0.05) is 35.2 Å². The number of carbonyl (C=O) groups is 2. The lowest BCUT2D eigenvalue weighted by atomic mass is 9.95. The Hall–Kier alpha value is -2.80. The van der Waals surface area contributed by atoms with Crippen LogP contribution in [0.15, 0.2) is 58.2 Å². The van der Waals surface area contributed by atoms with E-state index in [2.05, 4.69) is 26.2 Å². The van der Waals surface area contributed by atoms with E-state index in [1.165, 1.54) is 25.0 Å². The maximum atomic E-state index is 13.1. The van der Waals surface area contributed by atoms with Crippen molar-refractivity contribution in [2.45, 2.75) is 44.7 Å². The van der Waals surface area contributed by atoms with Gasteiger partial charge in [0.2, 0.25) is 11.3 Å². The highest BCUT2D eigenvalue weighted by Crippen LogP contribution is 2.20. The van der Waals surface area contributed by atoms with Crippen molar-refractivity contribution in [3.05, 3.63) is 74.7 Å². The van der Waals surface area contributed by atoms with Gasteiger partial charge in [0.1, 0.15) is 6.54 Å². The minimum Gasteiger partial charge on any atom is -0.352 e. The number of rotatable bonds is 5. The van der Waals surface area contributed by atoms with Crippen LogP contribution in [0, 0.1) is 0 Å². The monoisotopic (exact) mass is 467 g/mol. The third-order valence-electron chi connectivity index (χ3n) is 5.51. The van der Waals surface area contributed by atoms with E-state index in [9.17, 15) is 14.4 Å². The van der Waals surface area contributed by atoms with Crippen LogP contribution in [-0.2, 0) is 11.3 Å². The minimum absolute atomic E-state index is 0.0391. The molecule has 1 N–H and O–H groups in total. The topological polar surface area (TPSA) is 81.1 Å². The summed E-state index contributed by atoms with van der Waals surface area (Å²) in [4.78, 5) is 42.7. The first kappa shape index (κ1) is 20.5. The first-order valence-corrected chi connectivity index (χ1v) is 10.9. The van der Waals surface area contributed by atoms with Crippen molar-refractivity contribution < 1.29 is 9.59 Å². The van der Waals surface area contributed by atoms with E-state index in [0.29, 0.717) is 16.5 Å². The van der Waals surface area contributed by atoms with Gasteiger partial charge in [-0.25, -0.2) is 0 Å². The molecule has 1 aliphatic rings. The lowest BCUT2D eigenvalue weighted by molar-refractivity contribution is -0.122. The number of amides is 1. The van der Waals surface area contributed by atoms with Gasteiger partial charge >= 0.3 is 0 Å². The number of benzene rings is 1. The quantitative estimate of drug-likeness (QED) is 0.577. The van der Waals surface area contributed by atoms with Crippen LogP contribution < -0.4 is 10.7 Å². The van der Waals surface area contributed by atoms with Gasteiger partial charge in [-0.2, -0.15) is 0 Å². The van der Waals surface area contributed by atoms with Gasteiger partial charge in [0.05, 0.1) is 11.1 Å². The Labute approximate surface area is 182 Å². The third kappa shape index (κ3) is 4.36. The first-order chi connectivity index (χ1) is 14.5. The molecular weight excluding hydrogens is 446 g/mol. The molecule has 0 radical (unpaired) electrons. The molecule has 0 spiro atoms. The molecule has 0 atom stereocenters. The average Bonchev–Trinajstić information content (AvgIpc) is 2.76. The maximum absolute atomic E-state index is 13.1. The summed E-state index contributed by atoms with van der Waals surface area (Å²) in [5.41, 5.74) is 0.692. The van der Waals surface area contributed by atoms with Gasteiger partial charge in [0.15, 0.2) is 5.78 Å². The predicted molar refractivity (Wildman–Crippen MR) is 119 cm³/mol. The van der Waals surface area contributed by atoms with Crippen molar-refractivity contribution in [3.8, 4) is 0 Å². The molecule has 1 aromatic carbocycles. The van der Waals surface area contributed by atoms with E-state index in [0.717, 1.165) is 30.2 Å². The zero-order valence-electron chi connectivity index (χ0n) is 16.4.